The molecule has 3 N–H and O–H groups in total. The Kier molecular flexibility index (Phi) is 2.01. The van der Waals surface area contributed by atoms with E-state index in [4.69, 9.17) is 5.73 Å². The first-order chi connectivity index (χ1) is 6.81. The molecule has 4 nitrogen and oxygen atoms in total. The Bertz CT molecular complexity index is 411. The lowest BCUT2D eigenvalue weighted by Gasteiger charge is -2.19. The lowest BCUT2D eigenvalue weighted by Crippen LogP contribution is -2.29. The van der Waals surface area contributed by atoms with Crippen molar-refractivity contribution in [2.24, 2.45) is 5.73 Å². The molecule has 1 aliphatic carbocycles. The summed E-state index contributed by atoms with van der Waals surface area (Å²) in [7, 11) is 0. The Hall–Kier alpha value is -1.16. The van der Waals surface area contributed by atoms with Crippen molar-refractivity contribution in [3.05, 3.63) is 27.9 Å². The molecule has 2 rings (SSSR count). The van der Waals surface area contributed by atoms with Crippen molar-refractivity contribution in [1.82, 2.24) is 9.97 Å². The summed E-state index contributed by atoms with van der Waals surface area (Å²) in [5.74, 6) is 0.639. The summed E-state index contributed by atoms with van der Waals surface area (Å²) >= 11 is 0. The van der Waals surface area contributed by atoms with Crippen LogP contribution in [0.15, 0.2) is 10.9 Å². The van der Waals surface area contributed by atoms with Crippen molar-refractivity contribution in [3.8, 4) is 0 Å². The van der Waals surface area contributed by atoms with Gasteiger partial charge in [-0.15, -0.1) is 0 Å². The standard InChI is InChI=1S/C11H17N3O/c1-10(2,3)7-6-8(15)14-9(13-7)11(12)4-5-11/h6H,4-5,12H2,1-3H3,(H,13,14,15). The highest BCUT2D eigenvalue weighted by molar-refractivity contribution is 5.20. The summed E-state index contributed by atoms with van der Waals surface area (Å²) in [6, 6.07) is 1.55. The normalized spacial score (nSPS) is 18.9. The van der Waals surface area contributed by atoms with Gasteiger partial charge in [-0.1, -0.05) is 20.8 Å². The molecule has 15 heavy (non-hydrogen) atoms. The number of nitrogens with two attached hydrogens (primary N) is 1. The number of H-pyrrole nitrogens is 1. The third-order valence-electron chi connectivity index (χ3n) is 2.77. The maximum absolute atomic E-state index is 11.5. The van der Waals surface area contributed by atoms with Gasteiger partial charge in [0.05, 0.1) is 11.2 Å². The van der Waals surface area contributed by atoms with Crippen molar-refractivity contribution < 1.29 is 0 Å². The summed E-state index contributed by atoms with van der Waals surface area (Å²) < 4.78 is 0. The van der Waals surface area contributed by atoms with Crippen molar-refractivity contribution in [2.75, 3.05) is 0 Å². The zero-order valence-corrected chi connectivity index (χ0v) is 9.42. The van der Waals surface area contributed by atoms with E-state index in [0.717, 1.165) is 18.5 Å². The van der Waals surface area contributed by atoms with Crippen LogP contribution in [-0.2, 0) is 11.0 Å². The molecule has 1 aromatic heterocycles. The smallest absolute Gasteiger partial charge is 0.251 e. The van der Waals surface area contributed by atoms with Gasteiger partial charge >= 0.3 is 0 Å². The SMILES string of the molecule is CC(C)(C)c1cc(=O)[nH]c(C2(N)CC2)n1. The molecule has 82 valence electrons. The van der Waals surface area contributed by atoms with Crippen LogP contribution in [0.5, 0.6) is 0 Å². The topological polar surface area (TPSA) is 71.8 Å². The first kappa shape index (κ1) is 10.4. The molecule has 0 spiro atoms. The zero-order chi connectivity index (χ0) is 11.3. The Morgan fingerprint density at radius 3 is 2.53 bits per heavy atom. The molecule has 1 fully saturated rings. The lowest BCUT2D eigenvalue weighted by atomic mass is 9.92. The lowest BCUT2D eigenvalue weighted by molar-refractivity contribution is 0.548. The van der Waals surface area contributed by atoms with Gasteiger partial charge in [-0.05, 0) is 12.8 Å². The van der Waals surface area contributed by atoms with Gasteiger partial charge in [0, 0.05) is 11.5 Å². The van der Waals surface area contributed by atoms with Gasteiger partial charge in [-0.2, -0.15) is 0 Å². The molecule has 1 saturated carbocycles. The molecule has 1 aromatic rings. The largest absolute Gasteiger partial charge is 0.319 e. The van der Waals surface area contributed by atoms with Crippen molar-refractivity contribution >= 4 is 0 Å². The number of aromatic amines is 1. The highest BCUT2D eigenvalue weighted by atomic mass is 16.1. The Balaban J connectivity index is 2.51. The minimum atomic E-state index is -0.375. The second-order valence-electron chi connectivity index (χ2n) is 5.39. The van der Waals surface area contributed by atoms with Crippen LogP contribution in [-0.4, -0.2) is 9.97 Å². The average Bonchev–Trinajstić information content (AvgIpc) is 2.82. The molecule has 0 atom stereocenters. The van der Waals surface area contributed by atoms with Crippen LogP contribution in [0.4, 0.5) is 0 Å². The van der Waals surface area contributed by atoms with Crippen LogP contribution < -0.4 is 11.3 Å². The third kappa shape index (κ3) is 1.95. The second-order valence-corrected chi connectivity index (χ2v) is 5.39. The second kappa shape index (κ2) is 2.92. The van der Waals surface area contributed by atoms with Crippen molar-refractivity contribution in [1.29, 1.82) is 0 Å². The number of hydrogen-bond donors (Lipinski definition) is 2. The monoisotopic (exact) mass is 207 g/mol. The van der Waals surface area contributed by atoms with E-state index in [1.54, 1.807) is 6.07 Å². The van der Waals surface area contributed by atoms with Crippen LogP contribution in [0.1, 0.15) is 45.1 Å². The van der Waals surface area contributed by atoms with Gasteiger partial charge in [-0.25, -0.2) is 4.98 Å². The third-order valence-corrected chi connectivity index (χ3v) is 2.77. The predicted octanol–water partition coefficient (Wildman–Crippen LogP) is 1.02. The molecule has 0 amide bonds. The quantitative estimate of drug-likeness (QED) is 0.722. The highest BCUT2D eigenvalue weighted by Crippen LogP contribution is 2.40. The molecule has 1 aliphatic rings. The molecule has 0 radical (unpaired) electrons. The first-order valence-corrected chi connectivity index (χ1v) is 5.22. The minimum absolute atomic E-state index is 0.110. The van der Waals surface area contributed by atoms with Gasteiger partial charge < -0.3 is 10.7 Å². The van der Waals surface area contributed by atoms with Crippen molar-refractivity contribution in [3.63, 3.8) is 0 Å². The fourth-order valence-corrected chi connectivity index (χ4v) is 1.45. The van der Waals surface area contributed by atoms with E-state index >= 15 is 0 Å². The first-order valence-electron chi connectivity index (χ1n) is 5.22. The predicted molar refractivity (Wildman–Crippen MR) is 58.7 cm³/mol. The van der Waals surface area contributed by atoms with Crippen LogP contribution in [0, 0.1) is 0 Å². The number of nitrogens with one attached hydrogen (secondary N) is 1. The minimum Gasteiger partial charge on any atom is -0.319 e. The van der Waals surface area contributed by atoms with E-state index < -0.39 is 0 Å². The molecule has 0 unspecified atom stereocenters. The van der Waals surface area contributed by atoms with Gasteiger partial charge in [0.1, 0.15) is 5.82 Å². The van der Waals surface area contributed by atoms with E-state index in [1.807, 2.05) is 20.8 Å². The summed E-state index contributed by atoms with van der Waals surface area (Å²) in [6.07, 6.45) is 1.81. The average molecular weight is 207 g/mol. The summed E-state index contributed by atoms with van der Waals surface area (Å²) in [5, 5.41) is 0. The molecular formula is C11H17N3O. The van der Waals surface area contributed by atoms with Crippen LogP contribution >= 0.6 is 0 Å². The summed E-state index contributed by atoms with van der Waals surface area (Å²) in [6.45, 7) is 6.11. The maximum atomic E-state index is 11.5. The van der Waals surface area contributed by atoms with Gasteiger partial charge in [-0.3, -0.25) is 4.79 Å². The van der Waals surface area contributed by atoms with Gasteiger partial charge in [0.2, 0.25) is 0 Å². The summed E-state index contributed by atoms with van der Waals surface area (Å²) in [5.41, 5.74) is 6.22. The van der Waals surface area contributed by atoms with E-state index in [1.165, 1.54) is 0 Å². The number of aromatic nitrogens is 2. The van der Waals surface area contributed by atoms with Gasteiger partial charge in [0.15, 0.2) is 0 Å². The van der Waals surface area contributed by atoms with E-state index in [-0.39, 0.29) is 16.5 Å². The zero-order valence-electron chi connectivity index (χ0n) is 9.42. The Labute approximate surface area is 88.9 Å². The number of rotatable bonds is 1. The Morgan fingerprint density at radius 2 is 2.07 bits per heavy atom. The number of hydrogen-bond acceptors (Lipinski definition) is 3. The fourth-order valence-electron chi connectivity index (χ4n) is 1.45. The molecule has 0 bridgehead atoms. The van der Waals surface area contributed by atoms with E-state index in [2.05, 4.69) is 9.97 Å². The molecule has 0 aliphatic heterocycles. The van der Waals surface area contributed by atoms with Crippen LogP contribution in [0.3, 0.4) is 0 Å². The van der Waals surface area contributed by atoms with E-state index in [0.29, 0.717) is 5.82 Å². The molecule has 0 aromatic carbocycles. The van der Waals surface area contributed by atoms with Crippen molar-refractivity contribution in [2.45, 2.75) is 44.6 Å². The highest BCUT2D eigenvalue weighted by Gasteiger charge is 2.43. The maximum Gasteiger partial charge on any atom is 0.251 e. The molecule has 4 heteroatoms. The number of nitrogens with zero attached hydrogens (tertiary/aromatic N) is 1. The Morgan fingerprint density at radius 1 is 1.47 bits per heavy atom. The van der Waals surface area contributed by atoms with E-state index in [9.17, 15) is 4.79 Å². The molecule has 1 heterocycles. The molecule has 0 saturated heterocycles. The summed E-state index contributed by atoms with van der Waals surface area (Å²) in [4.78, 5) is 18.7. The van der Waals surface area contributed by atoms with Crippen LogP contribution in [0.25, 0.3) is 0 Å². The molecular weight excluding hydrogens is 190 g/mol. The fraction of sp³-hybridized carbons (Fsp3) is 0.636. The van der Waals surface area contributed by atoms with Crippen LogP contribution in [0.2, 0.25) is 0 Å². The van der Waals surface area contributed by atoms with Gasteiger partial charge in [0.25, 0.3) is 5.56 Å².